The summed E-state index contributed by atoms with van der Waals surface area (Å²) < 4.78 is 9.46. The van der Waals surface area contributed by atoms with Crippen LogP contribution in [0.25, 0.3) is 0 Å². The zero-order valence-corrected chi connectivity index (χ0v) is 38.2. The Bertz CT molecular complexity index is 1060. The molecule has 0 aliphatic carbocycles. The fourth-order valence-corrected chi connectivity index (χ4v) is 3.50. The van der Waals surface area contributed by atoms with Crippen molar-refractivity contribution in [2.24, 2.45) is 11.7 Å². The highest BCUT2D eigenvalue weighted by atomic mass is 32.2. The van der Waals surface area contributed by atoms with E-state index in [1.165, 1.54) is 5.57 Å². The predicted molar refractivity (Wildman–Crippen MR) is 229 cm³/mol. The van der Waals surface area contributed by atoms with Crippen LogP contribution in [0.5, 0.6) is 0 Å². The van der Waals surface area contributed by atoms with Crippen molar-refractivity contribution in [2.45, 2.75) is 160 Å². The first-order chi connectivity index (χ1) is 25.8. The Morgan fingerprint density at radius 3 is 1.89 bits per heavy atom. The van der Waals surface area contributed by atoms with E-state index in [1.807, 2.05) is 80.1 Å². The molecule has 4 unspecified atom stereocenters. The predicted octanol–water partition coefficient (Wildman–Crippen LogP) is 7.13. The molecule has 0 aromatic carbocycles. The number of hydrogen-bond donors (Lipinski definition) is 3. The van der Waals surface area contributed by atoms with Crippen LogP contribution in [0, 0.1) is 5.92 Å². The Morgan fingerprint density at radius 1 is 1.04 bits per heavy atom. The minimum absolute atomic E-state index is 0.0301. The molecule has 0 bridgehead atoms. The molecular formula is C41H80N4O9S. The van der Waals surface area contributed by atoms with Gasteiger partial charge in [-0.25, -0.2) is 0 Å². The number of amides is 2. The maximum Gasteiger partial charge on any atom is 0.325 e. The number of carbonyl (C=O) groups is 6. The van der Waals surface area contributed by atoms with E-state index in [0.717, 1.165) is 6.29 Å². The van der Waals surface area contributed by atoms with Gasteiger partial charge < -0.3 is 30.2 Å². The summed E-state index contributed by atoms with van der Waals surface area (Å²) in [4.78, 5) is 74.5. The number of likely N-dealkylation sites (tertiary alicyclic amines) is 1. The summed E-state index contributed by atoms with van der Waals surface area (Å²) in [6.07, 6.45) is 14.4. The van der Waals surface area contributed by atoms with Gasteiger partial charge in [-0.05, 0) is 86.7 Å². The largest absolute Gasteiger partial charge is 0.465 e. The Labute approximate surface area is 339 Å². The Hall–Kier alpha value is -3.33. The second kappa shape index (κ2) is 43.4. The molecule has 0 radical (unpaired) electrons. The third-order valence-electron chi connectivity index (χ3n) is 5.85. The lowest BCUT2D eigenvalue weighted by atomic mass is 10.1. The minimum Gasteiger partial charge on any atom is -0.465 e. The number of ketones is 1. The number of carbonyl (C=O) groups excluding carboxylic acids is 6. The summed E-state index contributed by atoms with van der Waals surface area (Å²) in [6, 6.07) is -1.56. The Morgan fingerprint density at radius 2 is 1.55 bits per heavy atom. The molecule has 13 nitrogen and oxygen atoms in total. The molecule has 0 spiro atoms. The van der Waals surface area contributed by atoms with Crippen LogP contribution in [-0.2, 0) is 43.1 Å². The summed E-state index contributed by atoms with van der Waals surface area (Å²) in [5.41, 5.74) is 8.93. The average molecular weight is 805 g/mol. The lowest BCUT2D eigenvalue weighted by molar-refractivity contribution is -0.157. The van der Waals surface area contributed by atoms with E-state index in [4.69, 9.17) is 15.3 Å². The molecule has 1 rings (SSSR count). The van der Waals surface area contributed by atoms with Crippen LogP contribution >= 0.6 is 11.8 Å². The van der Waals surface area contributed by atoms with Gasteiger partial charge in [-0.1, -0.05) is 91.3 Å². The van der Waals surface area contributed by atoms with E-state index in [-0.39, 0.29) is 17.9 Å². The van der Waals surface area contributed by atoms with Crippen molar-refractivity contribution >= 4 is 48.1 Å². The number of allylic oxidation sites excluding steroid dienone is 5. The molecule has 1 aliphatic heterocycles. The zero-order chi connectivity index (χ0) is 44.6. The Kier molecular flexibility index (Phi) is 50.2. The third kappa shape index (κ3) is 43.3. The molecule has 4 atom stereocenters. The third-order valence-corrected chi connectivity index (χ3v) is 5.85. The van der Waals surface area contributed by atoms with E-state index in [0.29, 0.717) is 38.7 Å². The Balaban J connectivity index is -0.000000194. The summed E-state index contributed by atoms with van der Waals surface area (Å²) in [6.45, 7) is 32.2. The number of aldehydes is 1. The molecule has 55 heavy (non-hydrogen) atoms. The van der Waals surface area contributed by atoms with Gasteiger partial charge in [0, 0.05) is 13.0 Å². The minimum atomic E-state index is -0.906. The van der Waals surface area contributed by atoms with Crippen LogP contribution in [0.3, 0.4) is 0 Å². The van der Waals surface area contributed by atoms with E-state index in [9.17, 15) is 28.8 Å². The van der Waals surface area contributed by atoms with Crippen molar-refractivity contribution in [3.8, 4) is 0 Å². The lowest BCUT2D eigenvalue weighted by Gasteiger charge is -2.27. The summed E-state index contributed by atoms with van der Waals surface area (Å²) in [5.74, 6) is -2.31. The van der Waals surface area contributed by atoms with Gasteiger partial charge in [0.15, 0.2) is 6.23 Å². The molecule has 4 N–H and O–H groups in total. The zero-order valence-electron chi connectivity index (χ0n) is 37.4. The molecule has 14 heteroatoms. The number of esters is 1. The van der Waals surface area contributed by atoms with E-state index in [2.05, 4.69) is 35.1 Å². The number of nitrogens with two attached hydrogens (primary N) is 1. The summed E-state index contributed by atoms with van der Waals surface area (Å²) >= 11 is 1.75. The molecule has 1 heterocycles. The van der Waals surface area contributed by atoms with Gasteiger partial charge in [0.05, 0.1) is 12.1 Å². The maximum atomic E-state index is 12.5. The molecule has 0 saturated carbocycles. The van der Waals surface area contributed by atoms with Gasteiger partial charge >= 0.3 is 5.97 Å². The molecular weight excluding hydrogens is 725 g/mol. The van der Waals surface area contributed by atoms with Crippen molar-refractivity contribution in [1.29, 1.82) is 0 Å². The van der Waals surface area contributed by atoms with Gasteiger partial charge in [0.2, 0.25) is 11.7 Å². The number of rotatable bonds is 15. The standard InChI is InChI=1S/C20H36N4O6.C8H12.C4H8O2.C3H6O.C2H6S.2C2H6/c1-7-8-14(17(26)18(27)22-10-16(25)29-20(4,5)6)23-30-15-9-12(2)11-24(15)19(28)13(3)21;1-4-6-7-8(3)5-2;1-4(2)6-3-5;1-2-3-4;1-3-2;2*1-2/h12-15,23H,7-11,21H2,1-6H3,(H,22,27);4-7H,1H2,2-3H3;3-4H,1-2H3;3H,2H2,1H3;1-2H3;2*1-2H3/b;7-6-,8-5-;;;;;. The van der Waals surface area contributed by atoms with Crippen LogP contribution in [0.1, 0.15) is 130 Å². The van der Waals surface area contributed by atoms with Gasteiger partial charge in [0.1, 0.15) is 24.5 Å². The average Bonchev–Trinajstić information content (AvgIpc) is 3.52. The molecule has 0 aromatic heterocycles. The number of hydrogen-bond acceptors (Lipinski definition) is 12. The highest BCUT2D eigenvalue weighted by Crippen LogP contribution is 2.24. The highest BCUT2D eigenvalue weighted by molar-refractivity contribution is 7.97. The number of nitrogens with zero attached hydrogens (tertiary/aromatic N) is 1. The van der Waals surface area contributed by atoms with E-state index >= 15 is 0 Å². The fourth-order valence-electron chi connectivity index (χ4n) is 3.50. The van der Waals surface area contributed by atoms with E-state index < -0.39 is 48.1 Å². The van der Waals surface area contributed by atoms with Gasteiger partial charge in [-0.3, -0.25) is 28.8 Å². The molecule has 2 amide bonds. The normalized spacial score (nSPS) is 15.3. The monoisotopic (exact) mass is 805 g/mol. The van der Waals surface area contributed by atoms with Gasteiger partial charge in [0.25, 0.3) is 12.4 Å². The van der Waals surface area contributed by atoms with E-state index in [1.54, 1.807) is 64.3 Å². The van der Waals surface area contributed by atoms with Crippen LogP contribution in [0.4, 0.5) is 0 Å². The summed E-state index contributed by atoms with van der Waals surface area (Å²) in [5, 5.41) is 2.28. The van der Waals surface area contributed by atoms with Crippen LogP contribution in [0.15, 0.2) is 36.5 Å². The summed E-state index contributed by atoms with van der Waals surface area (Å²) in [7, 11) is 0. The molecule has 1 aliphatic rings. The molecule has 1 saturated heterocycles. The van der Waals surface area contributed by atoms with Gasteiger partial charge in [-0.15, -0.1) is 0 Å². The van der Waals surface area contributed by atoms with Crippen LogP contribution in [-0.4, -0.2) is 96.8 Å². The number of hydroxylamine groups is 1. The van der Waals surface area contributed by atoms with Crippen molar-refractivity contribution in [3.05, 3.63) is 36.5 Å². The topological polar surface area (TPSA) is 183 Å². The first-order valence-electron chi connectivity index (χ1n) is 19.1. The quantitative estimate of drug-likeness (QED) is 0.0501. The fraction of sp³-hybridized carbons (Fsp3) is 0.707. The maximum absolute atomic E-state index is 12.5. The lowest BCUT2D eigenvalue weighted by Crippen LogP contribution is -2.51. The smallest absolute Gasteiger partial charge is 0.325 e. The van der Waals surface area contributed by atoms with Crippen molar-refractivity contribution < 1.29 is 43.1 Å². The second-order valence-corrected chi connectivity index (χ2v) is 13.5. The second-order valence-electron chi connectivity index (χ2n) is 12.7. The van der Waals surface area contributed by atoms with Crippen LogP contribution in [0.2, 0.25) is 0 Å². The number of ether oxygens (including phenoxy) is 2. The number of thioether (sulfide) groups is 1. The van der Waals surface area contributed by atoms with Crippen molar-refractivity contribution in [2.75, 3.05) is 25.6 Å². The number of nitrogens with one attached hydrogen (secondary N) is 2. The number of Topliss-reactive ketones (excluding diaryl/α,β-unsaturated/α-hetero) is 1. The highest BCUT2D eigenvalue weighted by Gasteiger charge is 2.36. The van der Waals surface area contributed by atoms with Crippen molar-refractivity contribution in [3.63, 3.8) is 0 Å². The SMILES string of the molecule is C=C/C=C\C(C)=C/C.CC.CC.CC(C)OC=O.CCC=O.CCCC(NOC1CC(C)CN1C(=O)C(C)N)C(=O)C(=O)NCC(=O)OC(C)(C)C.CSC. The molecule has 0 aromatic rings. The van der Waals surface area contributed by atoms with Crippen molar-refractivity contribution in [1.82, 2.24) is 15.7 Å². The van der Waals surface area contributed by atoms with Crippen LogP contribution < -0.4 is 16.5 Å². The van der Waals surface area contributed by atoms with Gasteiger partial charge in [-0.2, -0.15) is 17.2 Å². The molecule has 1 fully saturated rings. The first kappa shape index (κ1) is 63.6. The first-order valence-corrected chi connectivity index (χ1v) is 20.8. The molecule has 324 valence electrons.